The van der Waals surface area contributed by atoms with Crippen LogP contribution in [0.4, 0.5) is 17.1 Å². The second-order valence-corrected chi connectivity index (χ2v) is 6.26. The van der Waals surface area contributed by atoms with E-state index in [4.69, 9.17) is 9.47 Å². The first-order valence-electron chi connectivity index (χ1n) is 8.76. The highest BCUT2D eigenvalue weighted by atomic mass is 16.6. The van der Waals surface area contributed by atoms with Gasteiger partial charge in [0.05, 0.1) is 6.61 Å². The first-order chi connectivity index (χ1) is 12.8. The highest BCUT2D eigenvalue weighted by molar-refractivity contribution is 5.76. The van der Waals surface area contributed by atoms with Crippen molar-refractivity contribution in [3.05, 3.63) is 84.9 Å². The van der Waals surface area contributed by atoms with Gasteiger partial charge in [-0.2, -0.15) is 0 Å². The van der Waals surface area contributed by atoms with Gasteiger partial charge in [0.2, 0.25) is 0 Å². The van der Waals surface area contributed by atoms with Gasteiger partial charge in [-0.25, -0.2) is 0 Å². The van der Waals surface area contributed by atoms with E-state index in [9.17, 15) is 5.11 Å². The normalized spacial score (nSPS) is 19.3. The van der Waals surface area contributed by atoms with Crippen LogP contribution in [0.2, 0.25) is 0 Å². The van der Waals surface area contributed by atoms with Crippen molar-refractivity contribution in [1.82, 2.24) is 0 Å². The highest BCUT2D eigenvalue weighted by Crippen LogP contribution is 2.35. The van der Waals surface area contributed by atoms with E-state index in [0.717, 1.165) is 22.8 Å². The van der Waals surface area contributed by atoms with E-state index >= 15 is 0 Å². The molecule has 4 heteroatoms. The first-order valence-corrected chi connectivity index (χ1v) is 8.76. The van der Waals surface area contributed by atoms with Gasteiger partial charge in [0, 0.05) is 23.5 Å². The molecule has 0 amide bonds. The molecule has 0 aromatic heterocycles. The zero-order chi connectivity index (χ0) is 17.8. The van der Waals surface area contributed by atoms with E-state index in [-0.39, 0.29) is 6.10 Å². The average Bonchev–Trinajstić information content (AvgIpc) is 3.10. The number of benzene rings is 3. The summed E-state index contributed by atoms with van der Waals surface area (Å²) in [7, 11) is 0. The van der Waals surface area contributed by atoms with Crippen molar-refractivity contribution < 1.29 is 14.6 Å². The molecule has 3 aromatic rings. The second kappa shape index (κ2) is 7.60. The lowest BCUT2D eigenvalue weighted by molar-refractivity contribution is -0.0594. The fraction of sp³-hybridized carbons (Fsp3) is 0.182. The van der Waals surface area contributed by atoms with Gasteiger partial charge in [0.15, 0.2) is 6.29 Å². The van der Waals surface area contributed by atoms with Gasteiger partial charge in [0.1, 0.15) is 11.9 Å². The lowest BCUT2D eigenvalue weighted by Gasteiger charge is -2.25. The summed E-state index contributed by atoms with van der Waals surface area (Å²) in [5.74, 6) is 0.775. The van der Waals surface area contributed by atoms with Crippen LogP contribution in [0.1, 0.15) is 6.42 Å². The number of nitrogens with zero attached hydrogens (tertiary/aromatic N) is 1. The highest BCUT2D eigenvalue weighted by Gasteiger charge is 2.25. The summed E-state index contributed by atoms with van der Waals surface area (Å²) in [6.45, 7) is 0.420. The summed E-state index contributed by atoms with van der Waals surface area (Å²) in [5, 5.41) is 9.44. The Hall–Kier alpha value is -2.82. The lowest BCUT2D eigenvalue weighted by Crippen LogP contribution is -2.16. The average molecular weight is 347 g/mol. The lowest BCUT2D eigenvalue weighted by atomic mass is 10.2. The van der Waals surface area contributed by atoms with Crippen molar-refractivity contribution in [2.24, 2.45) is 0 Å². The molecule has 4 rings (SSSR count). The minimum absolute atomic E-state index is 0.102. The molecule has 132 valence electrons. The predicted molar refractivity (Wildman–Crippen MR) is 102 cm³/mol. The van der Waals surface area contributed by atoms with Crippen LogP contribution in [0.3, 0.4) is 0 Å². The van der Waals surface area contributed by atoms with E-state index in [1.807, 2.05) is 60.7 Å². The Balaban J connectivity index is 1.60. The van der Waals surface area contributed by atoms with E-state index in [1.54, 1.807) is 0 Å². The van der Waals surface area contributed by atoms with Crippen molar-refractivity contribution in [3.8, 4) is 5.75 Å². The molecule has 1 aliphatic heterocycles. The van der Waals surface area contributed by atoms with Crippen LogP contribution >= 0.6 is 0 Å². The molecule has 1 N–H and O–H groups in total. The summed E-state index contributed by atoms with van der Waals surface area (Å²) >= 11 is 0. The molecule has 0 saturated carbocycles. The molecule has 1 heterocycles. The molecule has 1 saturated heterocycles. The number of aliphatic hydroxyl groups is 1. The van der Waals surface area contributed by atoms with Crippen LogP contribution < -0.4 is 9.64 Å². The fourth-order valence-electron chi connectivity index (χ4n) is 3.13. The van der Waals surface area contributed by atoms with E-state index in [2.05, 4.69) is 29.2 Å². The Morgan fingerprint density at radius 3 is 1.81 bits per heavy atom. The third-order valence-electron chi connectivity index (χ3n) is 4.37. The van der Waals surface area contributed by atoms with Gasteiger partial charge in [-0.05, 0) is 48.5 Å². The van der Waals surface area contributed by atoms with Gasteiger partial charge < -0.3 is 19.5 Å². The monoisotopic (exact) mass is 347 g/mol. The largest absolute Gasteiger partial charge is 0.488 e. The van der Waals surface area contributed by atoms with Crippen molar-refractivity contribution in [3.63, 3.8) is 0 Å². The van der Waals surface area contributed by atoms with Crippen molar-refractivity contribution in [1.29, 1.82) is 0 Å². The Morgan fingerprint density at radius 1 is 0.769 bits per heavy atom. The van der Waals surface area contributed by atoms with Crippen molar-refractivity contribution in [2.45, 2.75) is 18.8 Å². The Kier molecular flexibility index (Phi) is 4.86. The second-order valence-electron chi connectivity index (χ2n) is 6.26. The van der Waals surface area contributed by atoms with Crippen molar-refractivity contribution in [2.75, 3.05) is 11.5 Å². The molecule has 1 fully saturated rings. The molecule has 2 unspecified atom stereocenters. The van der Waals surface area contributed by atoms with E-state index in [1.165, 1.54) is 0 Å². The summed E-state index contributed by atoms with van der Waals surface area (Å²) in [4.78, 5) is 2.20. The molecular weight excluding hydrogens is 326 g/mol. The molecule has 0 aliphatic carbocycles. The van der Waals surface area contributed by atoms with Gasteiger partial charge in [-0.1, -0.05) is 36.4 Å². The van der Waals surface area contributed by atoms with Crippen LogP contribution in [0.25, 0.3) is 0 Å². The van der Waals surface area contributed by atoms with Crippen LogP contribution in [0.15, 0.2) is 84.9 Å². The minimum atomic E-state index is -0.717. The smallest absolute Gasteiger partial charge is 0.158 e. The number of para-hydroxylation sites is 2. The maximum absolute atomic E-state index is 9.44. The fourth-order valence-corrected chi connectivity index (χ4v) is 3.13. The van der Waals surface area contributed by atoms with Gasteiger partial charge in [-0.15, -0.1) is 0 Å². The van der Waals surface area contributed by atoms with Crippen LogP contribution in [-0.4, -0.2) is 24.1 Å². The number of anilines is 3. The van der Waals surface area contributed by atoms with Gasteiger partial charge in [-0.3, -0.25) is 0 Å². The first kappa shape index (κ1) is 16.6. The molecule has 0 radical (unpaired) electrons. The van der Waals surface area contributed by atoms with E-state index < -0.39 is 6.29 Å². The zero-order valence-corrected chi connectivity index (χ0v) is 14.4. The Bertz CT molecular complexity index is 782. The van der Waals surface area contributed by atoms with Crippen molar-refractivity contribution >= 4 is 17.1 Å². The molecule has 4 nitrogen and oxygen atoms in total. The maximum Gasteiger partial charge on any atom is 0.158 e. The predicted octanol–water partition coefficient (Wildman–Crippen LogP) is 4.64. The number of ether oxygens (including phenoxy) is 2. The Labute approximate surface area is 153 Å². The summed E-state index contributed by atoms with van der Waals surface area (Å²) in [6.07, 6.45) is -0.317. The van der Waals surface area contributed by atoms with Crippen LogP contribution in [0, 0.1) is 0 Å². The number of rotatable bonds is 5. The molecule has 26 heavy (non-hydrogen) atoms. The topological polar surface area (TPSA) is 41.9 Å². The molecular formula is C22H21NO3. The maximum atomic E-state index is 9.44. The Morgan fingerprint density at radius 2 is 1.31 bits per heavy atom. The SMILES string of the molecule is OC1CC(Oc2ccc(N(c3ccccc3)c3ccccc3)cc2)CO1. The molecule has 3 aromatic carbocycles. The molecule has 0 bridgehead atoms. The molecule has 0 spiro atoms. The minimum Gasteiger partial charge on any atom is -0.488 e. The number of hydrogen-bond donors (Lipinski definition) is 1. The van der Waals surface area contributed by atoms with Crippen LogP contribution in [0.5, 0.6) is 5.75 Å². The van der Waals surface area contributed by atoms with E-state index in [0.29, 0.717) is 13.0 Å². The third-order valence-corrected chi connectivity index (χ3v) is 4.37. The zero-order valence-electron chi connectivity index (χ0n) is 14.4. The summed E-state index contributed by atoms with van der Waals surface area (Å²) < 4.78 is 11.0. The summed E-state index contributed by atoms with van der Waals surface area (Å²) in [6, 6.07) is 28.5. The third kappa shape index (κ3) is 3.72. The van der Waals surface area contributed by atoms with Gasteiger partial charge in [0.25, 0.3) is 0 Å². The molecule has 1 aliphatic rings. The quantitative estimate of drug-likeness (QED) is 0.730. The van der Waals surface area contributed by atoms with Gasteiger partial charge >= 0.3 is 0 Å². The summed E-state index contributed by atoms with van der Waals surface area (Å²) in [5.41, 5.74) is 3.25. The number of aliphatic hydroxyl groups excluding tert-OH is 1. The number of hydrogen-bond acceptors (Lipinski definition) is 4. The van der Waals surface area contributed by atoms with Crippen LogP contribution in [-0.2, 0) is 4.74 Å². The standard InChI is InChI=1S/C22H21NO3/c24-22-15-21(16-25-22)26-20-13-11-19(12-14-20)23(17-7-3-1-4-8-17)18-9-5-2-6-10-18/h1-14,21-22,24H,15-16H2. The molecule has 2 atom stereocenters.